The van der Waals surface area contributed by atoms with Gasteiger partial charge in [0.05, 0.1) is 25.4 Å². The van der Waals surface area contributed by atoms with Crippen molar-refractivity contribution in [1.82, 2.24) is 10.2 Å². The van der Waals surface area contributed by atoms with Gasteiger partial charge in [0.15, 0.2) is 0 Å². The van der Waals surface area contributed by atoms with E-state index in [-0.39, 0.29) is 12.1 Å². The normalized spacial score (nSPS) is 21.6. The summed E-state index contributed by atoms with van der Waals surface area (Å²) in [5.74, 6) is 0.956. The Balaban J connectivity index is 2.23. The average molecular weight is 278 g/mol. The second-order valence-corrected chi connectivity index (χ2v) is 5.18. The molecule has 1 aliphatic heterocycles. The van der Waals surface area contributed by atoms with Crippen molar-refractivity contribution < 1.29 is 9.47 Å². The number of rotatable bonds is 6. The Hall–Kier alpha value is -1.10. The fraction of sp³-hybridized carbons (Fsp3) is 0.625. The van der Waals surface area contributed by atoms with Crippen LogP contribution in [0.1, 0.15) is 25.5 Å². The Labute approximate surface area is 122 Å². The number of hydrogen-bond acceptors (Lipinski definition) is 4. The van der Waals surface area contributed by atoms with Crippen LogP contribution >= 0.6 is 0 Å². The van der Waals surface area contributed by atoms with Gasteiger partial charge in [0.2, 0.25) is 0 Å². The third-order valence-electron chi connectivity index (χ3n) is 3.65. The molecule has 1 heterocycles. The highest BCUT2D eigenvalue weighted by molar-refractivity contribution is 5.36. The lowest BCUT2D eigenvalue weighted by atomic mass is 9.99. The first-order chi connectivity index (χ1) is 9.76. The molecule has 0 saturated carbocycles. The highest BCUT2D eigenvalue weighted by Crippen LogP contribution is 2.29. The van der Waals surface area contributed by atoms with Crippen molar-refractivity contribution >= 4 is 0 Å². The predicted octanol–water partition coefficient (Wildman–Crippen LogP) is 2.07. The van der Waals surface area contributed by atoms with E-state index in [2.05, 4.69) is 36.3 Å². The molecule has 112 valence electrons. The van der Waals surface area contributed by atoms with Crippen molar-refractivity contribution in [3.05, 3.63) is 29.8 Å². The van der Waals surface area contributed by atoms with Gasteiger partial charge in [-0.15, -0.1) is 0 Å². The summed E-state index contributed by atoms with van der Waals surface area (Å²) in [5.41, 5.74) is 1.19. The molecule has 0 amide bonds. The molecule has 1 fully saturated rings. The molecule has 1 aromatic carbocycles. The lowest BCUT2D eigenvalue weighted by molar-refractivity contribution is -0.0393. The Kier molecular flexibility index (Phi) is 5.83. The number of morpholine rings is 1. The summed E-state index contributed by atoms with van der Waals surface area (Å²) >= 11 is 0. The van der Waals surface area contributed by atoms with Crippen LogP contribution < -0.4 is 10.1 Å². The number of ether oxygens (including phenoxy) is 2. The maximum atomic E-state index is 5.99. The van der Waals surface area contributed by atoms with E-state index in [1.807, 2.05) is 19.1 Å². The molecule has 2 unspecified atom stereocenters. The van der Waals surface area contributed by atoms with Gasteiger partial charge in [0.1, 0.15) is 5.75 Å². The molecule has 4 heteroatoms. The topological polar surface area (TPSA) is 33.7 Å². The molecule has 1 aliphatic rings. The first-order valence-corrected chi connectivity index (χ1v) is 7.51. The number of nitrogens with zero attached hydrogens (tertiary/aromatic N) is 1. The molecule has 0 spiro atoms. The minimum Gasteiger partial charge on any atom is -0.494 e. The van der Waals surface area contributed by atoms with E-state index < -0.39 is 0 Å². The van der Waals surface area contributed by atoms with Crippen molar-refractivity contribution in [2.24, 2.45) is 0 Å². The Bertz CT molecular complexity index is 411. The zero-order chi connectivity index (χ0) is 14.4. The summed E-state index contributed by atoms with van der Waals surface area (Å²) in [5, 5.41) is 3.56. The maximum Gasteiger partial charge on any atom is 0.124 e. The molecule has 2 atom stereocenters. The zero-order valence-electron chi connectivity index (χ0n) is 12.8. The average Bonchev–Trinajstić information content (AvgIpc) is 2.46. The van der Waals surface area contributed by atoms with Crippen molar-refractivity contribution in [3.8, 4) is 5.75 Å². The lowest BCUT2D eigenvalue weighted by Gasteiger charge is -2.36. The SMILES string of the molecule is CCNC(c1ccccc1OCC)C1CN(C)CCO1. The summed E-state index contributed by atoms with van der Waals surface area (Å²) in [7, 11) is 2.15. The quantitative estimate of drug-likeness (QED) is 0.863. The fourth-order valence-corrected chi connectivity index (χ4v) is 2.70. The number of hydrogen-bond donors (Lipinski definition) is 1. The van der Waals surface area contributed by atoms with Gasteiger partial charge < -0.3 is 19.7 Å². The van der Waals surface area contributed by atoms with Crippen LogP contribution in [0.5, 0.6) is 5.75 Å². The van der Waals surface area contributed by atoms with Gasteiger partial charge in [-0.3, -0.25) is 0 Å². The molecule has 0 bridgehead atoms. The van der Waals surface area contributed by atoms with E-state index in [1.165, 1.54) is 5.56 Å². The number of nitrogens with one attached hydrogen (secondary N) is 1. The third-order valence-corrected chi connectivity index (χ3v) is 3.65. The van der Waals surface area contributed by atoms with E-state index >= 15 is 0 Å². The molecule has 20 heavy (non-hydrogen) atoms. The van der Waals surface area contributed by atoms with E-state index in [4.69, 9.17) is 9.47 Å². The molecular formula is C16H26N2O2. The number of benzene rings is 1. The monoisotopic (exact) mass is 278 g/mol. The summed E-state index contributed by atoms with van der Waals surface area (Å²) in [6.45, 7) is 8.48. The fourth-order valence-electron chi connectivity index (χ4n) is 2.70. The highest BCUT2D eigenvalue weighted by Gasteiger charge is 2.29. The molecule has 1 N–H and O–H groups in total. The van der Waals surface area contributed by atoms with Gasteiger partial charge in [-0.05, 0) is 26.6 Å². The van der Waals surface area contributed by atoms with Gasteiger partial charge in [0, 0.05) is 18.7 Å². The molecule has 0 aliphatic carbocycles. The summed E-state index contributed by atoms with van der Waals surface area (Å²) in [6, 6.07) is 8.43. The van der Waals surface area contributed by atoms with Gasteiger partial charge in [-0.25, -0.2) is 0 Å². The maximum absolute atomic E-state index is 5.99. The molecule has 1 aromatic rings. The number of para-hydroxylation sites is 1. The van der Waals surface area contributed by atoms with Gasteiger partial charge in [0.25, 0.3) is 0 Å². The van der Waals surface area contributed by atoms with Gasteiger partial charge in [-0.2, -0.15) is 0 Å². The van der Waals surface area contributed by atoms with Crippen LogP contribution in [0.25, 0.3) is 0 Å². The minimum atomic E-state index is 0.162. The number of likely N-dealkylation sites (N-methyl/N-ethyl adjacent to an activating group) is 2. The Morgan fingerprint density at radius 2 is 2.20 bits per heavy atom. The van der Waals surface area contributed by atoms with Crippen LogP contribution in [0, 0.1) is 0 Å². The Morgan fingerprint density at radius 1 is 1.40 bits per heavy atom. The van der Waals surface area contributed by atoms with E-state index in [1.54, 1.807) is 0 Å². The van der Waals surface area contributed by atoms with Crippen LogP contribution in [-0.2, 0) is 4.74 Å². The Morgan fingerprint density at radius 3 is 2.90 bits per heavy atom. The molecule has 0 aromatic heterocycles. The van der Waals surface area contributed by atoms with Gasteiger partial charge >= 0.3 is 0 Å². The summed E-state index contributed by atoms with van der Waals surface area (Å²) < 4.78 is 11.8. The van der Waals surface area contributed by atoms with Crippen LogP contribution in [0.2, 0.25) is 0 Å². The van der Waals surface area contributed by atoms with Crippen LogP contribution in [0.4, 0.5) is 0 Å². The zero-order valence-corrected chi connectivity index (χ0v) is 12.8. The van der Waals surface area contributed by atoms with E-state index in [0.29, 0.717) is 6.61 Å². The predicted molar refractivity (Wildman–Crippen MR) is 81.3 cm³/mol. The van der Waals surface area contributed by atoms with Crippen LogP contribution in [-0.4, -0.2) is 50.9 Å². The first kappa shape index (κ1) is 15.3. The standard InChI is InChI=1S/C16H26N2O2/c1-4-17-16(15-12-18(3)10-11-20-15)13-8-6-7-9-14(13)19-5-2/h6-9,15-17H,4-5,10-12H2,1-3H3. The first-order valence-electron chi connectivity index (χ1n) is 7.51. The van der Waals surface area contributed by atoms with Crippen LogP contribution in [0.15, 0.2) is 24.3 Å². The van der Waals surface area contributed by atoms with Crippen molar-refractivity contribution in [1.29, 1.82) is 0 Å². The van der Waals surface area contributed by atoms with Crippen molar-refractivity contribution in [2.45, 2.75) is 26.0 Å². The van der Waals surface area contributed by atoms with Crippen LogP contribution in [0.3, 0.4) is 0 Å². The highest BCUT2D eigenvalue weighted by atomic mass is 16.5. The molecule has 2 rings (SSSR count). The minimum absolute atomic E-state index is 0.162. The largest absolute Gasteiger partial charge is 0.494 e. The third kappa shape index (κ3) is 3.72. The molecule has 4 nitrogen and oxygen atoms in total. The summed E-state index contributed by atoms with van der Waals surface area (Å²) in [4.78, 5) is 2.32. The van der Waals surface area contributed by atoms with Crippen molar-refractivity contribution in [3.63, 3.8) is 0 Å². The smallest absolute Gasteiger partial charge is 0.124 e. The van der Waals surface area contributed by atoms with Gasteiger partial charge in [-0.1, -0.05) is 25.1 Å². The molecular weight excluding hydrogens is 252 g/mol. The van der Waals surface area contributed by atoms with E-state index in [0.717, 1.165) is 32.0 Å². The lowest BCUT2D eigenvalue weighted by Crippen LogP contribution is -2.46. The van der Waals surface area contributed by atoms with Crippen molar-refractivity contribution in [2.75, 3.05) is 39.9 Å². The summed E-state index contributed by atoms with van der Waals surface area (Å²) in [6.07, 6.45) is 0.162. The molecule has 0 radical (unpaired) electrons. The molecule has 1 saturated heterocycles. The van der Waals surface area contributed by atoms with E-state index in [9.17, 15) is 0 Å². The second-order valence-electron chi connectivity index (χ2n) is 5.18. The second kappa shape index (κ2) is 7.62.